The number of fused-ring (bicyclic) bond motifs is 1. The van der Waals surface area contributed by atoms with Gasteiger partial charge in [0, 0.05) is 40.9 Å². The van der Waals surface area contributed by atoms with Crippen molar-refractivity contribution in [2.45, 2.75) is 4.90 Å². The summed E-state index contributed by atoms with van der Waals surface area (Å²) >= 11 is 4.08. The van der Waals surface area contributed by atoms with E-state index in [1.54, 1.807) is 13.3 Å². The Morgan fingerprint density at radius 2 is 1.68 bits per heavy atom. The summed E-state index contributed by atoms with van der Waals surface area (Å²) in [6.45, 7) is 3.39. The maximum atomic E-state index is 9.44. The van der Waals surface area contributed by atoms with Crippen LogP contribution in [0.3, 0.4) is 0 Å². The molecule has 3 aromatic carbocycles. The van der Waals surface area contributed by atoms with Crippen LogP contribution in [0.25, 0.3) is 33.4 Å². The van der Waals surface area contributed by atoms with E-state index in [0.29, 0.717) is 11.3 Å². The first-order valence-corrected chi connectivity index (χ1v) is 12.8. The summed E-state index contributed by atoms with van der Waals surface area (Å²) in [5.41, 5.74) is 6.64. The Hall–Kier alpha value is -4.25. The molecule has 0 spiro atoms. The first-order chi connectivity index (χ1) is 18.7. The van der Waals surface area contributed by atoms with Crippen molar-refractivity contribution in [3.63, 3.8) is 0 Å². The molecule has 2 aromatic heterocycles. The summed E-state index contributed by atoms with van der Waals surface area (Å²) < 4.78 is 10.7. The highest BCUT2D eigenvalue weighted by Gasteiger charge is 2.14. The number of aromatic nitrogens is 2. The predicted molar refractivity (Wildman–Crippen MR) is 155 cm³/mol. The van der Waals surface area contributed by atoms with Crippen LogP contribution in [0.1, 0.15) is 5.56 Å². The molecule has 6 nitrogen and oxygen atoms in total. The van der Waals surface area contributed by atoms with Crippen LogP contribution < -0.4 is 9.64 Å². The molecule has 0 atom stereocenters. The number of anilines is 1. The molecule has 190 valence electrons. The van der Waals surface area contributed by atoms with Crippen LogP contribution in [-0.2, 0) is 4.74 Å². The van der Waals surface area contributed by atoms with Crippen molar-refractivity contribution in [3.05, 3.63) is 96.7 Å². The van der Waals surface area contributed by atoms with Crippen molar-refractivity contribution in [2.24, 2.45) is 0 Å². The van der Waals surface area contributed by atoms with Crippen LogP contribution in [0.15, 0.2) is 96.0 Å². The molecule has 1 aliphatic heterocycles. The summed E-state index contributed by atoms with van der Waals surface area (Å²) in [4.78, 5) is 11.3. The number of thiol groups is 1. The van der Waals surface area contributed by atoms with E-state index in [2.05, 4.69) is 63.9 Å². The minimum absolute atomic E-state index is 0.513. The lowest BCUT2D eigenvalue weighted by Crippen LogP contribution is -2.36. The Labute approximate surface area is 227 Å². The molecular weight excluding hydrogens is 492 g/mol. The minimum atomic E-state index is 0.513. The van der Waals surface area contributed by atoms with E-state index >= 15 is 0 Å². The monoisotopic (exact) mass is 520 g/mol. The Balaban J connectivity index is 0.000000366. The number of rotatable bonds is 4. The number of ether oxygens (including phenoxy) is 2. The second kappa shape index (κ2) is 11.9. The van der Waals surface area contributed by atoms with Gasteiger partial charge in [-0.05, 0) is 65.2 Å². The molecule has 0 bridgehead atoms. The Morgan fingerprint density at radius 3 is 2.34 bits per heavy atom. The summed E-state index contributed by atoms with van der Waals surface area (Å²) in [6, 6.07) is 30.3. The number of H-pyrrole nitrogens is 1. The molecule has 1 saturated heterocycles. The van der Waals surface area contributed by atoms with Gasteiger partial charge in [-0.2, -0.15) is 5.26 Å². The molecule has 1 aliphatic rings. The molecular formula is C31H28N4O2S. The fourth-order valence-corrected chi connectivity index (χ4v) is 4.67. The van der Waals surface area contributed by atoms with Crippen molar-refractivity contribution in [2.75, 3.05) is 38.3 Å². The van der Waals surface area contributed by atoms with Gasteiger partial charge < -0.3 is 19.4 Å². The molecule has 6 rings (SSSR count). The maximum Gasteiger partial charge on any atom is 0.138 e. The maximum absolute atomic E-state index is 9.44. The van der Waals surface area contributed by atoms with Crippen LogP contribution in [0.5, 0.6) is 5.75 Å². The van der Waals surface area contributed by atoms with Crippen LogP contribution >= 0.6 is 12.6 Å². The zero-order chi connectivity index (χ0) is 26.3. The van der Waals surface area contributed by atoms with Gasteiger partial charge in [-0.3, -0.25) is 0 Å². The second-order valence-corrected chi connectivity index (χ2v) is 9.33. The topological polar surface area (TPSA) is 74.2 Å². The highest BCUT2D eigenvalue weighted by Crippen LogP contribution is 2.34. The van der Waals surface area contributed by atoms with Gasteiger partial charge in [-0.1, -0.05) is 36.4 Å². The molecule has 38 heavy (non-hydrogen) atoms. The van der Waals surface area contributed by atoms with Gasteiger partial charge in [-0.25, -0.2) is 4.98 Å². The number of pyridine rings is 1. The lowest BCUT2D eigenvalue weighted by Gasteiger charge is -2.28. The Morgan fingerprint density at radius 1 is 0.947 bits per heavy atom. The molecule has 0 unspecified atom stereocenters. The van der Waals surface area contributed by atoms with E-state index in [1.165, 1.54) is 5.69 Å². The third-order valence-corrected chi connectivity index (χ3v) is 6.77. The van der Waals surface area contributed by atoms with Crippen molar-refractivity contribution in [1.82, 2.24) is 9.97 Å². The lowest BCUT2D eigenvalue weighted by atomic mass is 10.0. The molecule has 1 fully saturated rings. The van der Waals surface area contributed by atoms with E-state index in [-0.39, 0.29) is 0 Å². The second-order valence-electron chi connectivity index (χ2n) is 8.81. The third kappa shape index (κ3) is 5.67. The molecule has 0 amide bonds. The molecule has 0 radical (unpaired) electrons. The SMILES string of the molecule is COc1ccc(-c2ccnc3[nH]c(-c4ccc(N5CCOCC5)cc4)cc23)cc1C#N.Sc1ccccc1. The summed E-state index contributed by atoms with van der Waals surface area (Å²) in [5, 5.41) is 10.5. The fraction of sp³-hybridized carbons (Fsp3) is 0.161. The molecule has 3 heterocycles. The predicted octanol–water partition coefficient (Wildman–Crippen LogP) is 6.59. The number of morpholine rings is 1. The van der Waals surface area contributed by atoms with Crippen molar-refractivity contribution in [1.29, 1.82) is 5.26 Å². The molecule has 0 aliphatic carbocycles. The summed E-state index contributed by atoms with van der Waals surface area (Å²) in [5.74, 6) is 0.576. The van der Waals surface area contributed by atoms with Crippen LogP contribution in [-0.4, -0.2) is 43.4 Å². The van der Waals surface area contributed by atoms with E-state index in [0.717, 1.165) is 64.6 Å². The minimum Gasteiger partial charge on any atom is -0.495 e. The molecule has 5 aromatic rings. The van der Waals surface area contributed by atoms with Crippen LogP contribution in [0.4, 0.5) is 5.69 Å². The summed E-state index contributed by atoms with van der Waals surface area (Å²) in [7, 11) is 1.57. The number of hydrogen-bond acceptors (Lipinski definition) is 6. The zero-order valence-corrected chi connectivity index (χ0v) is 22.0. The van der Waals surface area contributed by atoms with Gasteiger partial charge in [0.15, 0.2) is 0 Å². The van der Waals surface area contributed by atoms with Crippen molar-refractivity contribution < 1.29 is 9.47 Å². The van der Waals surface area contributed by atoms with E-state index in [9.17, 15) is 5.26 Å². The number of nitriles is 1. The average Bonchev–Trinajstić information content (AvgIpc) is 3.43. The number of nitrogens with zero attached hydrogens (tertiary/aromatic N) is 3. The van der Waals surface area contributed by atoms with E-state index in [4.69, 9.17) is 9.47 Å². The number of benzene rings is 3. The highest BCUT2D eigenvalue weighted by molar-refractivity contribution is 7.80. The molecule has 7 heteroatoms. The van der Waals surface area contributed by atoms with Gasteiger partial charge in [0.05, 0.1) is 25.9 Å². The average molecular weight is 521 g/mol. The smallest absolute Gasteiger partial charge is 0.138 e. The number of aromatic amines is 1. The molecule has 0 saturated carbocycles. The lowest BCUT2D eigenvalue weighted by molar-refractivity contribution is 0.122. The Kier molecular flexibility index (Phi) is 7.93. The summed E-state index contributed by atoms with van der Waals surface area (Å²) in [6.07, 6.45) is 1.79. The molecule has 1 N–H and O–H groups in total. The standard InChI is InChI=1S/C25H22N4O2.C6H6S/c1-30-24-7-4-18(14-19(24)16-26)21-8-9-27-25-22(21)15-23(28-25)17-2-5-20(6-3-17)29-10-12-31-13-11-29;7-6-4-2-1-3-5-6/h2-9,14-15H,10-13H2,1H3,(H,27,28);1-5,7H. The number of methoxy groups -OCH3 is 1. The van der Waals surface area contributed by atoms with Crippen LogP contribution in [0, 0.1) is 11.3 Å². The number of nitrogens with one attached hydrogen (secondary N) is 1. The highest BCUT2D eigenvalue weighted by atomic mass is 32.1. The normalized spacial score (nSPS) is 12.9. The van der Waals surface area contributed by atoms with Gasteiger partial charge in [0.2, 0.25) is 0 Å². The third-order valence-electron chi connectivity index (χ3n) is 6.47. The van der Waals surface area contributed by atoms with Gasteiger partial charge in [0.25, 0.3) is 0 Å². The van der Waals surface area contributed by atoms with Gasteiger partial charge >= 0.3 is 0 Å². The quantitative estimate of drug-likeness (QED) is 0.262. The number of hydrogen-bond donors (Lipinski definition) is 2. The largest absolute Gasteiger partial charge is 0.495 e. The van der Waals surface area contributed by atoms with Crippen molar-refractivity contribution in [3.8, 4) is 34.2 Å². The van der Waals surface area contributed by atoms with Crippen LogP contribution in [0.2, 0.25) is 0 Å². The zero-order valence-electron chi connectivity index (χ0n) is 21.1. The van der Waals surface area contributed by atoms with Gasteiger partial charge in [-0.15, -0.1) is 12.6 Å². The fourth-order valence-electron chi connectivity index (χ4n) is 4.50. The van der Waals surface area contributed by atoms with Gasteiger partial charge in [0.1, 0.15) is 17.5 Å². The Bertz CT molecular complexity index is 1550. The van der Waals surface area contributed by atoms with Crippen molar-refractivity contribution >= 4 is 29.3 Å². The van der Waals surface area contributed by atoms with E-state index in [1.807, 2.05) is 54.6 Å². The first kappa shape index (κ1) is 25.4. The van der Waals surface area contributed by atoms with E-state index < -0.39 is 0 Å². The first-order valence-electron chi connectivity index (χ1n) is 12.4.